The first-order valence-electron chi connectivity index (χ1n) is 6.91. The minimum Gasteiger partial charge on any atom is -0.497 e. The molecule has 0 saturated carbocycles. The van der Waals surface area contributed by atoms with Crippen LogP contribution in [0.3, 0.4) is 0 Å². The number of nitrogens with one attached hydrogen (secondary N) is 1. The lowest BCUT2D eigenvalue weighted by Gasteiger charge is -2.02. The lowest BCUT2D eigenvalue weighted by molar-refractivity contribution is -0.121. The van der Waals surface area contributed by atoms with Crippen LogP contribution in [0.4, 0.5) is 0 Å². The quantitative estimate of drug-likeness (QED) is 0.826. The van der Waals surface area contributed by atoms with E-state index in [-0.39, 0.29) is 5.91 Å². The number of carbonyl (C=O) groups excluding carboxylic acids is 1. The zero-order valence-electron chi connectivity index (χ0n) is 12.1. The van der Waals surface area contributed by atoms with E-state index in [1.165, 1.54) is 0 Å². The summed E-state index contributed by atoms with van der Waals surface area (Å²) in [4.78, 5) is 12.7. The predicted octanol–water partition coefficient (Wildman–Crippen LogP) is 2.78. The molecule has 0 unspecified atom stereocenters. The van der Waals surface area contributed by atoms with Gasteiger partial charge in [-0.15, -0.1) is 11.3 Å². The van der Waals surface area contributed by atoms with Crippen molar-refractivity contribution >= 4 is 17.2 Å². The van der Waals surface area contributed by atoms with Crippen LogP contribution in [0.15, 0.2) is 35.7 Å². The van der Waals surface area contributed by atoms with Crippen LogP contribution < -0.4 is 15.8 Å². The molecule has 0 radical (unpaired) electrons. The van der Waals surface area contributed by atoms with Crippen LogP contribution in [0.1, 0.15) is 17.7 Å². The van der Waals surface area contributed by atoms with Gasteiger partial charge in [-0.3, -0.25) is 4.79 Å². The number of rotatable bonds is 7. The lowest BCUT2D eigenvalue weighted by Crippen LogP contribution is -2.22. The molecule has 3 N–H and O–H groups in total. The first kappa shape index (κ1) is 15.5. The number of amides is 1. The standard InChI is InChI=1S/C16H20N2O2S/c1-20-14-6-4-12(5-7-14)13-9-15(21-11-13)10-18-16(19)3-2-8-17/h4-7,9,11H,2-3,8,10,17H2,1H3,(H,18,19). The van der Waals surface area contributed by atoms with Gasteiger partial charge in [0.2, 0.25) is 5.91 Å². The van der Waals surface area contributed by atoms with Gasteiger partial charge >= 0.3 is 0 Å². The fourth-order valence-corrected chi connectivity index (χ4v) is 2.78. The van der Waals surface area contributed by atoms with Crippen molar-refractivity contribution in [1.29, 1.82) is 0 Å². The third kappa shape index (κ3) is 4.58. The first-order chi connectivity index (χ1) is 10.2. The molecule has 4 nitrogen and oxygen atoms in total. The number of thiophene rings is 1. The van der Waals surface area contributed by atoms with Crippen molar-refractivity contribution in [3.8, 4) is 16.9 Å². The van der Waals surface area contributed by atoms with Gasteiger partial charge in [0.25, 0.3) is 0 Å². The Morgan fingerprint density at radius 1 is 1.29 bits per heavy atom. The molecule has 0 aliphatic rings. The van der Waals surface area contributed by atoms with Crippen LogP contribution in [-0.2, 0) is 11.3 Å². The minimum atomic E-state index is 0.0554. The van der Waals surface area contributed by atoms with E-state index in [4.69, 9.17) is 10.5 Å². The van der Waals surface area contributed by atoms with Gasteiger partial charge in [0.15, 0.2) is 0 Å². The van der Waals surface area contributed by atoms with Crippen LogP contribution in [-0.4, -0.2) is 19.6 Å². The Kier molecular flexibility index (Phi) is 5.78. The minimum absolute atomic E-state index is 0.0554. The molecule has 112 valence electrons. The molecule has 0 bridgehead atoms. The van der Waals surface area contributed by atoms with E-state index >= 15 is 0 Å². The average molecular weight is 304 g/mol. The average Bonchev–Trinajstić information content (AvgIpc) is 3.00. The Morgan fingerprint density at radius 3 is 2.71 bits per heavy atom. The molecular formula is C16H20N2O2S. The zero-order chi connectivity index (χ0) is 15.1. The Balaban J connectivity index is 1.92. The van der Waals surface area contributed by atoms with Crippen LogP contribution in [0.2, 0.25) is 0 Å². The molecule has 1 heterocycles. The van der Waals surface area contributed by atoms with Crippen LogP contribution in [0, 0.1) is 0 Å². The van der Waals surface area contributed by atoms with Gasteiger partial charge in [0.1, 0.15) is 5.75 Å². The maximum atomic E-state index is 11.5. The van der Waals surface area contributed by atoms with Crippen molar-refractivity contribution < 1.29 is 9.53 Å². The highest BCUT2D eigenvalue weighted by molar-refractivity contribution is 7.10. The summed E-state index contributed by atoms with van der Waals surface area (Å²) < 4.78 is 5.15. The molecule has 5 heteroatoms. The smallest absolute Gasteiger partial charge is 0.220 e. The molecule has 1 amide bonds. The summed E-state index contributed by atoms with van der Waals surface area (Å²) in [5.74, 6) is 0.904. The molecule has 2 aromatic rings. The normalized spacial score (nSPS) is 10.4. The fourth-order valence-electron chi connectivity index (χ4n) is 1.94. The van der Waals surface area contributed by atoms with E-state index in [0.29, 0.717) is 19.5 Å². The highest BCUT2D eigenvalue weighted by Crippen LogP contribution is 2.27. The SMILES string of the molecule is COc1ccc(-c2csc(CNC(=O)CCCN)c2)cc1. The number of nitrogens with two attached hydrogens (primary N) is 1. The molecular weight excluding hydrogens is 284 g/mol. The summed E-state index contributed by atoms with van der Waals surface area (Å²) in [7, 11) is 1.66. The predicted molar refractivity (Wildman–Crippen MR) is 86.4 cm³/mol. The van der Waals surface area contributed by atoms with Crippen LogP contribution >= 0.6 is 11.3 Å². The van der Waals surface area contributed by atoms with E-state index in [9.17, 15) is 4.79 Å². The van der Waals surface area contributed by atoms with Crippen LogP contribution in [0.25, 0.3) is 11.1 Å². The Labute approximate surface area is 128 Å². The van der Waals surface area contributed by atoms with Gasteiger partial charge in [-0.1, -0.05) is 12.1 Å². The van der Waals surface area contributed by atoms with Crippen molar-refractivity contribution in [2.45, 2.75) is 19.4 Å². The molecule has 0 spiro atoms. The van der Waals surface area contributed by atoms with E-state index in [2.05, 4.69) is 16.8 Å². The van der Waals surface area contributed by atoms with Gasteiger partial charge < -0.3 is 15.8 Å². The lowest BCUT2D eigenvalue weighted by atomic mass is 10.1. The van der Waals surface area contributed by atoms with E-state index in [0.717, 1.165) is 28.2 Å². The molecule has 2 rings (SSSR count). The van der Waals surface area contributed by atoms with Gasteiger partial charge in [0, 0.05) is 11.3 Å². The molecule has 0 atom stereocenters. The maximum absolute atomic E-state index is 11.5. The second-order valence-corrected chi connectivity index (χ2v) is 5.69. The van der Waals surface area contributed by atoms with Gasteiger partial charge in [-0.25, -0.2) is 0 Å². The van der Waals surface area contributed by atoms with E-state index in [1.54, 1.807) is 18.4 Å². The number of hydrogen-bond acceptors (Lipinski definition) is 4. The molecule has 0 saturated heterocycles. The van der Waals surface area contributed by atoms with Crippen molar-refractivity contribution in [2.75, 3.05) is 13.7 Å². The maximum Gasteiger partial charge on any atom is 0.220 e. The molecule has 21 heavy (non-hydrogen) atoms. The number of methoxy groups -OCH3 is 1. The molecule has 0 fully saturated rings. The molecule has 1 aromatic carbocycles. The largest absolute Gasteiger partial charge is 0.497 e. The summed E-state index contributed by atoms with van der Waals surface area (Å²) in [6.07, 6.45) is 1.22. The third-order valence-corrected chi connectivity index (χ3v) is 4.08. The van der Waals surface area contributed by atoms with Crippen molar-refractivity contribution in [2.24, 2.45) is 5.73 Å². The first-order valence-corrected chi connectivity index (χ1v) is 7.79. The summed E-state index contributed by atoms with van der Waals surface area (Å²) in [6.45, 7) is 1.12. The van der Waals surface area contributed by atoms with E-state index in [1.807, 2.05) is 24.3 Å². The molecule has 0 aliphatic carbocycles. The number of ether oxygens (including phenoxy) is 1. The number of carbonyl (C=O) groups is 1. The molecule has 0 aliphatic heterocycles. The summed E-state index contributed by atoms with van der Waals surface area (Å²) in [5.41, 5.74) is 7.69. The topological polar surface area (TPSA) is 64.3 Å². The van der Waals surface area contributed by atoms with Crippen molar-refractivity contribution in [3.63, 3.8) is 0 Å². The van der Waals surface area contributed by atoms with Crippen molar-refractivity contribution in [3.05, 3.63) is 40.6 Å². The second-order valence-electron chi connectivity index (χ2n) is 4.70. The molecule has 1 aromatic heterocycles. The summed E-state index contributed by atoms with van der Waals surface area (Å²) in [5, 5.41) is 5.01. The fraction of sp³-hybridized carbons (Fsp3) is 0.312. The van der Waals surface area contributed by atoms with E-state index < -0.39 is 0 Å². The monoisotopic (exact) mass is 304 g/mol. The highest BCUT2D eigenvalue weighted by atomic mass is 32.1. The highest BCUT2D eigenvalue weighted by Gasteiger charge is 2.05. The van der Waals surface area contributed by atoms with Crippen LogP contribution in [0.5, 0.6) is 5.75 Å². The second kappa shape index (κ2) is 7.81. The third-order valence-electron chi connectivity index (χ3n) is 3.14. The Hall–Kier alpha value is -1.85. The van der Waals surface area contributed by atoms with Crippen molar-refractivity contribution in [1.82, 2.24) is 5.32 Å². The Bertz CT molecular complexity index is 578. The Morgan fingerprint density at radius 2 is 2.05 bits per heavy atom. The van der Waals surface area contributed by atoms with Gasteiger partial charge in [0.05, 0.1) is 13.7 Å². The zero-order valence-corrected chi connectivity index (χ0v) is 12.9. The number of benzene rings is 1. The summed E-state index contributed by atoms with van der Waals surface area (Å²) in [6, 6.07) is 10.1. The van der Waals surface area contributed by atoms with Gasteiger partial charge in [-0.2, -0.15) is 0 Å². The van der Waals surface area contributed by atoms with Gasteiger partial charge in [-0.05, 0) is 47.7 Å². The summed E-state index contributed by atoms with van der Waals surface area (Å²) >= 11 is 1.65. The number of hydrogen-bond donors (Lipinski definition) is 2.